The zero-order valence-corrected chi connectivity index (χ0v) is 11.2. The van der Waals surface area contributed by atoms with Crippen molar-refractivity contribution in [3.63, 3.8) is 0 Å². The summed E-state index contributed by atoms with van der Waals surface area (Å²) in [4.78, 5) is 11.8. The largest absolute Gasteiger partial charge is 0.355 e. The quantitative estimate of drug-likeness (QED) is 0.687. The Morgan fingerprint density at radius 2 is 1.75 bits per heavy atom. The summed E-state index contributed by atoms with van der Waals surface area (Å²) in [6, 6.07) is 0. The van der Waals surface area contributed by atoms with Gasteiger partial charge in [-0.1, -0.05) is 13.8 Å². The van der Waals surface area contributed by atoms with Gasteiger partial charge in [0.1, 0.15) is 0 Å². The second kappa shape index (κ2) is 4.99. The van der Waals surface area contributed by atoms with Crippen molar-refractivity contribution in [2.75, 3.05) is 6.54 Å². The average Bonchev–Trinajstić information content (AvgIpc) is 3.09. The molecular formula is C13H23NOS. The number of thiol groups is 1. The van der Waals surface area contributed by atoms with Crippen LogP contribution in [-0.4, -0.2) is 17.7 Å². The number of rotatable bonds is 6. The number of amides is 1. The van der Waals surface area contributed by atoms with Crippen LogP contribution in [0.5, 0.6) is 0 Å². The van der Waals surface area contributed by atoms with Gasteiger partial charge in [-0.2, -0.15) is 12.6 Å². The van der Waals surface area contributed by atoms with Gasteiger partial charge in [0.15, 0.2) is 0 Å². The molecule has 1 amide bonds. The predicted molar refractivity (Wildman–Crippen MR) is 69.6 cm³/mol. The summed E-state index contributed by atoms with van der Waals surface area (Å²) in [5.74, 6) is 3.00. The lowest BCUT2D eigenvalue weighted by Gasteiger charge is -2.19. The van der Waals surface area contributed by atoms with Gasteiger partial charge in [-0.05, 0) is 49.4 Å². The summed E-state index contributed by atoms with van der Waals surface area (Å²) in [5, 5.41) is 2.94. The highest BCUT2D eigenvalue weighted by Crippen LogP contribution is 2.48. The summed E-state index contributed by atoms with van der Waals surface area (Å²) in [7, 11) is 0. The van der Waals surface area contributed by atoms with E-state index in [1.165, 1.54) is 25.7 Å². The Morgan fingerprint density at radius 3 is 2.12 bits per heavy atom. The number of hydrogen-bond acceptors (Lipinski definition) is 2. The summed E-state index contributed by atoms with van der Waals surface area (Å²) in [5.41, 5.74) is 0. The fourth-order valence-electron chi connectivity index (χ4n) is 2.39. The SMILES string of the molecule is CC(C)C(S)C(=O)NCC(C1CC1)C1CC1. The maximum Gasteiger partial charge on any atom is 0.233 e. The van der Waals surface area contributed by atoms with Gasteiger partial charge in [0, 0.05) is 6.54 Å². The molecule has 0 spiro atoms. The van der Waals surface area contributed by atoms with E-state index in [2.05, 4.69) is 17.9 Å². The number of carbonyl (C=O) groups excluding carboxylic acids is 1. The van der Waals surface area contributed by atoms with E-state index in [9.17, 15) is 4.79 Å². The fourth-order valence-corrected chi connectivity index (χ4v) is 2.48. The van der Waals surface area contributed by atoms with Crippen molar-refractivity contribution in [2.45, 2.75) is 44.8 Å². The van der Waals surface area contributed by atoms with Gasteiger partial charge in [-0.25, -0.2) is 0 Å². The Bertz CT molecular complexity index is 247. The number of nitrogens with one attached hydrogen (secondary N) is 1. The molecule has 0 heterocycles. The Balaban J connectivity index is 1.74. The van der Waals surface area contributed by atoms with Crippen LogP contribution in [0.1, 0.15) is 39.5 Å². The summed E-state index contributed by atoms with van der Waals surface area (Å²) < 4.78 is 0. The van der Waals surface area contributed by atoms with Crippen molar-refractivity contribution in [3.05, 3.63) is 0 Å². The smallest absolute Gasteiger partial charge is 0.233 e. The zero-order valence-electron chi connectivity index (χ0n) is 10.3. The van der Waals surface area contributed by atoms with Crippen LogP contribution in [0.25, 0.3) is 0 Å². The van der Waals surface area contributed by atoms with Crippen LogP contribution in [0.15, 0.2) is 0 Å². The molecule has 0 bridgehead atoms. The summed E-state index contributed by atoms with van der Waals surface area (Å²) in [6.45, 7) is 4.96. The highest BCUT2D eigenvalue weighted by atomic mass is 32.1. The van der Waals surface area contributed by atoms with Crippen molar-refractivity contribution < 1.29 is 4.79 Å². The van der Waals surface area contributed by atoms with Gasteiger partial charge in [-0.15, -0.1) is 0 Å². The van der Waals surface area contributed by atoms with Crippen molar-refractivity contribution in [3.8, 4) is 0 Å². The zero-order chi connectivity index (χ0) is 11.7. The third kappa shape index (κ3) is 3.16. The maximum atomic E-state index is 11.8. The molecule has 2 aliphatic carbocycles. The average molecular weight is 241 g/mol. The van der Waals surface area contributed by atoms with E-state index >= 15 is 0 Å². The highest BCUT2D eigenvalue weighted by Gasteiger charge is 2.41. The van der Waals surface area contributed by atoms with Gasteiger partial charge < -0.3 is 5.32 Å². The lowest BCUT2D eigenvalue weighted by molar-refractivity contribution is -0.121. The Kier molecular flexibility index (Phi) is 3.83. The first-order chi connectivity index (χ1) is 7.59. The van der Waals surface area contributed by atoms with Crippen LogP contribution in [0.4, 0.5) is 0 Å². The molecule has 3 heteroatoms. The van der Waals surface area contributed by atoms with Gasteiger partial charge >= 0.3 is 0 Å². The molecule has 0 aromatic carbocycles. The minimum atomic E-state index is -0.154. The second-order valence-corrected chi connectivity index (χ2v) is 6.33. The molecule has 1 atom stereocenters. The van der Waals surface area contributed by atoms with E-state index in [4.69, 9.17) is 0 Å². The van der Waals surface area contributed by atoms with E-state index in [-0.39, 0.29) is 11.2 Å². The van der Waals surface area contributed by atoms with Crippen molar-refractivity contribution in [1.82, 2.24) is 5.32 Å². The molecule has 2 nitrogen and oxygen atoms in total. The van der Waals surface area contributed by atoms with Crippen LogP contribution < -0.4 is 5.32 Å². The van der Waals surface area contributed by atoms with Crippen molar-refractivity contribution in [1.29, 1.82) is 0 Å². The molecule has 0 aromatic heterocycles. The minimum Gasteiger partial charge on any atom is -0.355 e. The van der Waals surface area contributed by atoms with Crippen LogP contribution in [0, 0.1) is 23.7 Å². The van der Waals surface area contributed by atoms with Crippen molar-refractivity contribution >= 4 is 18.5 Å². The van der Waals surface area contributed by atoms with E-state index in [0.717, 1.165) is 24.3 Å². The van der Waals surface area contributed by atoms with Crippen LogP contribution in [-0.2, 0) is 4.79 Å². The molecule has 0 saturated heterocycles. The Labute approximate surface area is 104 Å². The Hall–Kier alpha value is -0.180. The second-order valence-electron chi connectivity index (χ2n) is 5.77. The molecule has 2 saturated carbocycles. The fraction of sp³-hybridized carbons (Fsp3) is 0.923. The lowest BCUT2D eigenvalue weighted by Crippen LogP contribution is -2.38. The molecule has 0 radical (unpaired) electrons. The van der Waals surface area contributed by atoms with E-state index in [1.54, 1.807) is 0 Å². The van der Waals surface area contributed by atoms with Crippen molar-refractivity contribution in [2.24, 2.45) is 23.7 Å². The molecule has 0 aromatic rings. The van der Waals surface area contributed by atoms with Gasteiger partial charge in [0.25, 0.3) is 0 Å². The third-order valence-electron chi connectivity index (χ3n) is 3.87. The topological polar surface area (TPSA) is 29.1 Å². The van der Waals surface area contributed by atoms with Gasteiger partial charge in [0.05, 0.1) is 5.25 Å². The van der Waals surface area contributed by atoms with Crippen LogP contribution >= 0.6 is 12.6 Å². The van der Waals surface area contributed by atoms with E-state index in [1.807, 2.05) is 13.8 Å². The summed E-state index contributed by atoms with van der Waals surface area (Å²) >= 11 is 4.35. The number of hydrogen-bond donors (Lipinski definition) is 2. The normalized spacial score (nSPS) is 22.6. The first kappa shape index (κ1) is 12.3. The van der Waals surface area contributed by atoms with Gasteiger partial charge in [-0.3, -0.25) is 4.79 Å². The molecule has 1 N–H and O–H groups in total. The number of carbonyl (C=O) groups is 1. The molecule has 16 heavy (non-hydrogen) atoms. The van der Waals surface area contributed by atoms with E-state index < -0.39 is 0 Å². The maximum absolute atomic E-state index is 11.8. The molecule has 0 aliphatic heterocycles. The van der Waals surface area contributed by atoms with E-state index in [0.29, 0.717) is 5.92 Å². The molecule has 1 unspecified atom stereocenters. The standard InChI is InChI=1S/C13H23NOS/c1-8(2)12(16)13(15)14-7-11(9-3-4-9)10-5-6-10/h8-12,16H,3-7H2,1-2H3,(H,14,15). The van der Waals surface area contributed by atoms with Crippen LogP contribution in [0.3, 0.4) is 0 Å². The third-order valence-corrected chi connectivity index (χ3v) is 4.70. The first-order valence-corrected chi connectivity index (χ1v) is 7.07. The Morgan fingerprint density at radius 1 is 1.25 bits per heavy atom. The van der Waals surface area contributed by atoms with Crippen LogP contribution in [0.2, 0.25) is 0 Å². The monoisotopic (exact) mass is 241 g/mol. The predicted octanol–water partition coefficient (Wildman–Crippen LogP) is 2.49. The molecule has 2 aliphatic rings. The molecule has 92 valence electrons. The highest BCUT2D eigenvalue weighted by molar-refractivity contribution is 7.81. The molecule has 2 fully saturated rings. The summed E-state index contributed by atoms with van der Waals surface area (Å²) in [6.07, 6.45) is 5.52. The molecular weight excluding hydrogens is 218 g/mol. The lowest BCUT2D eigenvalue weighted by atomic mass is 9.98. The molecule has 2 rings (SSSR count). The van der Waals surface area contributed by atoms with Gasteiger partial charge in [0.2, 0.25) is 5.91 Å². The minimum absolute atomic E-state index is 0.115. The first-order valence-electron chi connectivity index (χ1n) is 6.55.